The maximum atomic E-state index is 14.2. The number of ether oxygens (including phenoxy) is 1. The second kappa shape index (κ2) is 7.64. The zero-order valence-electron chi connectivity index (χ0n) is 15.7. The molecule has 0 aliphatic carbocycles. The fourth-order valence-corrected chi connectivity index (χ4v) is 2.61. The number of carbonyl (C=O) groups excluding carboxylic acids is 2. The maximum Gasteiger partial charge on any atom is 0.412 e. The van der Waals surface area contributed by atoms with E-state index >= 15 is 0 Å². The molecule has 1 aromatic heterocycles. The molecule has 0 radical (unpaired) electrons. The monoisotopic (exact) mass is 381 g/mol. The summed E-state index contributed by atoms with van der Waals surface area (Å²) >= 11 is 0. The Labute approximate surface area is 161 Å². The number of benzene rings is 2. The standard InChI is InChI=1S/C21H20FN3O3/c1-21(2,3)28-20(27)24-13-9-10-16(22)18(12-13)25-19(26)15-6-4-8-17-14(15)7-5-11-23-17/h4-12H,1-3H3,(H,24,27)(H,25,26). The fraction of sp³-hybridized carbons (Fsp3) is 0.190. The summed E-state index contributed by atoms with van der Waals surface area (Å²) in [5.74, 6) is -1.10. The van der Waals surface area contributed by atoms with Gasteiger partial charge in [-0.1, -0.05) is 12.1 Å². The Hall–Kier alpha value is -3.48. The number of rotatable bonds is 3. The van der Waals surface area contributed by atoms with Crippen molar-refractivity contribution in [1.82, 2.24) is 4.98 Å². The van der Waals surface area contributed by atoms with Gasteiger partial charge in [0.1, 0.15) is 11.4 Å². The first kappa shape index (κ1) is 19.3. The highest BCUT2D eigenvalue weighted by atomic mass is 19.1. The van der Waals surface area contributed by atoms with Crippen molar-refractivity contribution in [2.45, 2.75) is 26.4 Å². The minimum absolute atomic E-state index is 0.0561. The topological polar surface area (TPSA) is 80.3 Å². The highest BCUT2D eigenvalue weighted by molar-refractivity contribution is 6.12. The SMILES string of the molecule is CC(C)(C)OC(=O)Nc1ccc(F)c(NC(=O)c2cccc3ncccc23)c1. The average molecular weight is 381 g/mol. The van der Waals surface area contributed by atoms with Crippen LogP contribution in [-0.4, -0.2) is 22.6 Å². The van der Waals surface area contributed by atoms with Gasteiger partial charge in [-0.2, -0.15) is 0 Å². The second-order valence-electron chi connectivity index (χ2n) is 7.15. The van der Waals surface area contributed by atoms with Gasteiger partial charge in [0.05, 0.1) is 11.2 Å². The summed E-state index contributed by atoms with van der Waals surface area (Å²) in [6, 6.07) is 12.5. The van der Waals surface area contributed by atoms with Crippen molar-refractivity contribution in [1.29, 1.82) is 0 Å². The fourth-order valence-electron chi connectivity index (χ4n) is 2.61. The molecule has 0 unspecified atom stereocenters. The molecule has 7 heteroatoms. The van der Waals surface area contributed by atoms with Crippen LogP contribution >= 0.6 is 0 Å². The van der Waals surface area contributed by atoms with Crippen molar-refractivity contribution in [3.05, 3.63) is 66.1 Å². The molecule has 3 rings (SSSR count). The molecule has 0 bridgehead atoms. The molecule has 0 saturated heterocycles. The normalized spacial score (nSPS) is 11.1. The Morgan fingerprint density at radius 3 is 2.57 bits per heavy atom. The molecule has 0 aliphatic rings. The third-order valence-electron chi connectivity index (χ3n) is 3.75. The molecule has 1 heterocycles. The molecular weight excluding hydrogens is 361 g/mol. The Morgan fingerprint density at radius 1 is 1.04 bits per heavy atom. The molecule has 6 nitrogen and oxygen atoms in total. The summed E-state index contributed by atoms with van der Waals surface area (Å²) < 4.78 is 19.4. The number of nitrogens with one attached hydrogen (secondary N) is 2. The van der Waals surface area contributed by atoms with Crippen LogP contribution in [0.5, 0.6) is 0 Å². The van der Waals surface area contributed by atoms with Crippen LogP contribution in [0.4, 0.5) is 20.6 Å². The van der Waals surface area contributed by atoms with Crippen molar-refractivity contribution in [2.75, 3.05) is 10.6 Å². The summed E-state index contributed by atoms with van der Waals surface area (Å²) in [5, 5.41) is 5.72. The second-order valence-corrected chi connectivity index (χ2v) is 7.15. The van der Waals surface area contributed by atoms with Crippen molar-refractivity contribution >= 4 is 34.3 Å². The number of nitrogens with zero attached hydrogens (tertiary/aromatic N) is 1. The maximum absolute atomic E-state index is 14.2. The largest absolute Gasteiger partial charge is 0.444 e. The average Bonchev–Trinajstić information content (AvgIpc) is 2.62. The van der Waals surface area contributed by atoms with Gasteiger partial charge < -0.3 is 10.1 Å². The Balaban J connectivity index is 1.82. The van der Waals surface area contributed by atoms with E-state index in [0.29, 0.717) is 22.2 Å². The van der Waals surface area contributed by atoms with E-state index in [1.165, 1.54) is 12.1 Å². The van der Waals surface area contributed by atoms with Gasteiger partial charge in [0.15, 0.2) is 0 Å². The van der Waals surface area contributed by atoms with Crippen LogP contribution in [-0.2, 0) is 4.74 Å². The van der Waals surface area contributed by atoms with E-state index in [-0.39, 0.29) is 5.69 Å². The summed E-state index contributed by atoms with van der Waals surface area (Å²) in [4.78, 5) is 28.8. The molecule has 0 spiro atoms. The van der Waals surface area contributed by atoms with Gasteiger partial charge in [-0.25, -0.2) is 9.18 Å². The van der Waals surface area contributed by atoms with Gasteiger partial charge in [-0.3, -0.25) is 15.1 Å². The molecule has 2 aromatic carbocycles. The number of fused-ring (bicyclic) bond motifs is 1. The highest BCUT2D eigenvalue weighted by Gasteiger charge is 2.17. The Morgan fingerprint density at radius 2 is 1.82 bits per heavy atom. The van der Waals surface area contributed by atoms with Gasteiger partial charge in [-0.05, 0) is 57.2 Å². The highest BCUT2D eigenvalue weighted by Crippen LogP contribution is 2.23. The number of pyridine rings is 1. The summed E-state index contributed by atoms with van der Waals surface area (Å²) in [6.45, 7) is 5.21. The van der Waals surface area contributed by atoms with E-state index in [1.807, 2.05) is 0 Å². The van der Waals surface area contributed by atoms with Crippen LogP contribution in [0.15, 0.2) is 54.7 Å². The van der Waals surface area contributed by atoms with Crippen LogP contribution < -0.4 is 10.6 Å². The molecule has 3 aromatic rings. The van der Waals surface area contributed by atoms with Crippen molar-refractivity contribution in [3.63, 3.8) is 0 Å². The minimum Gasteiger partial charge on any atom is -0.444 e. The Kier molecular flexibility index (Phi) is 5.26. The van der Waals surface area contributed by atoms with Gasteiger partial charge >= 0.3 is 6.09 Å². The minimum atomic E-state index is -0.670. The number of aromatic nitrogens is 1. The molecule has 0 saturated carbocycles. The first-order valence-electron chi connectivity index (χ1n) is 8.67. The van der Waals surface area contributed by atoms with Gasteiger partial charge in [0.25, 0.3) is 5.91 Å². The van der Waals surface area contributed by atoms with E-state index < -0.39 is 23.4 Å². The molecule has 2 N–H and O–H groups in total. The van der Waals surface area contributed by atoms with Gasteiger partial charge in [-0.15, -0.1) is 0 Å². The van der Waals surface area contributed by atoms with Crippen LogP contribution in [0.25, 0.3) is 10.9 Å². The van der Waals surface area contributed by atoms with E-state index in [2.05, 4.69) is 15.6 Å². The lowest BCUT2D eigenvalue weighted by atomic mass is 10.1. The van der Waals surface area contributed by atoms with Gasteiger partial charge in [0, 0.05) is 22.8 Å². The van der Waals surface area contributed by atoms with E-state index in [0.717, 1.165) is 6.07 Å². The predicted molar refractivity (Wildman–Crippen MR) is 106 cm³/mol. The van der Waals surface area contributed by atoms with Crippen LogP contribution in [0.1, 0.15) is 31.1 Å². The molecule has 144 valence electrons. The molecule has 28 heavy (non-hydrogen) atoms. The molecular formula is C21H20FN3O3. The number of hydrogen-bond donors (Lipinski definition) is 2. The van der Waals surface area contributed by atoms with E-state index in [1.54, 1.807) is 57.3 Å². The number of halogens is 1. The van der Waals surface area contributed by atoms with E-state index in [9.17, 15) is 14.0 Å². The molecule has 0 atom stereocenters. The summed E-state index contributed by atoms with van der Waals surface area (Å²) in [6.07, 6.45) is 0.965. The van der Waals surface area contributed by atoms with Crippen LogP contribution in [0.2, 0.25) is 0 Å². The van der Waals surface area contributed by atoms with E-state index in [4.69, 9.17) is 4.74 Å². The van der Waals surface area contributed by atoms with Crippen molar-refractivity contribution in [3.8, 4) is 0 Å². The van der Waals surface area contributed by atoms with Crippen LogP contribution in [0.3, 0.4) is 0 Å². The smallest absolute Gasteiger partial charge is 0.412 e. The van der Waals surface area contributed by atoms with Gasteiger partial charge in [0.2, 0.25) is 0 Å². The lowest BCUT2D eigenvalue weighted by Gasteiger charge is -2.20. The third-order valence-corrected chi connectivity index (χ3v) is 3.75. The number of hydrogen-bond acceptors (Lipinski definition) is 4. The third kappa shape index (κ3) is 4.62. The molecule has 2 amide bonds. The number of carbonyl (C=O) groups is 2. The first-order valence-corrected chi connectivity index (χ1v) is 8.67. The zero-order chi connectivity index (χ0) is 20.3. The lowest BCUT2D eigenvalue weighted by molar-refractivity contribution is 0.0635. The lowest BCUT2D eigenvalue weighted by Crippen LogP contribution is -2.27. The summed E-state index contributed by atoms with van der Waals surface area (Å²) in [7, 11) is 0. The summed E-state index contributed by atoms with van der Waals surface area (Å²) in [5.41, 5.74) is 0.611. The predicted octanol–water partition coefficient (Wildman–Crippen LogP) is 4.97. The molecule has 0 aliphatic heterocycles. The van der Waals surface area contributed by atoms with Crippen molar-refractivity contribution in [2.24, 2.45) is 0 Å². The Bertz CT molecular complexity index is 1040. The number of anilines is 2. The molecule has 0 fully saturated rings. The van der Waals surface area contributed by atoms with Crippen molar-refractivity contribution < 1.29 is 18.7 Å². The first-order chi connectivity index (χ1) is 13.2. The zero-order valence-corrected chi connectivity index (χ0v) is 15.7. The number of amides is 2. The quantitative estimate of drug-likeness (QED) is 0.671. The van der Waals surface area contributed by atoms with Crippen LogP contribution in [0, 0.1) is 5.82 Å².